The highest BCUT2D eigenvalue weighted by Crippen LogP contribution is 2.33. The van der Waals surface area contributed by atoms with Crippen molar-refractivity contribution in [2.75, 3.05) is 0 Å². The van der Waals surface area contributed by atoms with Crippen LogP contribution in [0.15, 0.2) is 24.3 Å². The van der Waals surface area contributed by atoms with Gasteiger partial charge in [-0.3, -0.25) is 0 Å². The van der Waals surface area contributed by atoms with Crippen LogP contribution in [0, 0.1) is 11.3 Å². The summed E-state index contributed by atoms with van der Waals surface area (Å²) >= 11 is 0. The van der Waals surface area contributed by atoms with Crippen molar-refractivity contribution in [1.82, 2.24) is 4.73 Å². The van der Waals surface area contributed by atoms with Crippen LogP contribution in [-0.4, -0.2) is 9.94 Å². The Morgan fingerprint density at radius 2 is 1.94 bits per heavy atom. The predicted molar refractivity (Wildman–Crippen MR) is 48.8 cm³/mol. The van der Waals surface area contributed by atoms with Crippen LogP contribution >= 0.6 is 0 Å². The van der Waals surface area contributed by atoms with Gasteiger partial charge >= 0.3 is 6.18 Å². The van der Waals surface area contributed by atoms with E-state index in [1.807, 2.05) is 6.07 Å². The summed E-state index contributed by atoms with van der Waals surface area (Å²) in [6, 6.07) is 6.51. The fraction of sp³-hybridized carbons (Fsp3) is 0.100. The van der Waals surface area contributed by atoms with E-state index < -0.39 is 11.9 Å². The second-order valence-corrected chi connectivity index (χ2v) is 3.22. The van der Waals surface area contributed by atoms with Gasteiger partial charge < -0.3 is 5.21 Å². The van der Waals surface area contributed by atoms with E-state index in [9.17, 15) is 18.4 Å². The topological polar surface area (TPSA) is 49.0 Å². The lowest BCUT2D eigenvalue weighted by atomic mass is 10.2. The van der Waals surface area contributed by atoms with E-state index in [4.69, 9.17) is 5.26 Å². The number of hydrogen-bond acceptors (Lipinski definition) is 2. The molecule has 1 heterocycles. The minimum Gasteiger partial charge on any atom is -0.428 e. The number of hydrogen-bond donors (Lipinski definition) is 1. The van der Waals surface area contributed by atoms with Gasteiger partial charge in [-0.05, 0) is 24.3 Å². The molecule has 2 rings (SSSR count). The molecule has 16 heavy (non-hydrogen) atoms. The molecule has 82 valence electrons. The number of nitrogens with zero attached hydrogens (tertiary/aromatic N) is 2. The molecule has 0 atom stereocenters. The maximum Gasteiger partial charge on any atom is 0.434 e. The smallest absolute Gasteiger partial charge is 0.428 e. The molecular weight excluding hydrogens is 221 g/mol. The SMILES string of the molecule is N#Cc1ccc2c(c1)cc(C(F)(F)F)n2O. The van der Waals surface area contributed by atoms with Crippen molar-refractivity contribution in [1.29, 1.82) is 5.26 Å². The third kappa shape index (κ3) is 1.46. The Kier molecular flexibility index (Phi) is 2.05. The molecule has 2 aromatic rings. The zero-order valence-electron chi connectivity index (χ0n) is 7.78. The summed E-state index contributed by atoms with van der Waals surface area (Å²) in [5.41, 5.74) is -0.893. The minimum absolute atomic E-state index is 0.0197. The lowest BCUT2D eigenvalue weighted by Crippen LogP contribution is -2.11. The Morgan fingerprint density at radius 1 is 1.25 bits per heavy atom. The van der Waals surface area contributed by atoms with Crippen molar-refractivity contribution in [3.05, 3.63) is 35.5 Å². The van der Waals surface area contributed by atoms with Crippen molar-refractivity contribution < 1.29 is 18.4 Å². The Hall–Kier alpha value is -2.16. The number of aromatic nitrogens is 1. The van der Waals surface area contributed by atoms with Gasteiger partial charge in [0, 0.05) is 5.39 Å². The zero-order chi connectivity index (χ0) is 11.9. The standard InChI is InChI=1S/C10H5F3N2O/c11-10(12,13)9-4-7-3-6(5-14)1-2-8(7)15(9)16/h1-4,16H. The minimum atomic E-state index is -4.62. The fourth-order valence-corrected chi connectivity index (χ4v) is 1.47. The van der Waals surface area contributed by atoms with Crippen LogP contribution in [0.2, 0.25) is 0 Å². The van der Waals surface area contributed by atoms with Gasteiger partial charge in [-0.15, -0.1) is 0 Å². The first-order valence-electron chi connectivity index (χ1n) is 4.25. The molecule has 1 aromatic heterocycles. The second-order valence-electron chi connectivity index (χ2n) is 3.22. The molecule has 0 amide bonds. The fourth-order valence-electron chi connectivity index (χ4n) is 1.47. The van der Waals surface area contributed by atoms with E-state index in [0.29, 0.717) is 0 Å². The highest BCUT2D eigenvalue weighted by atomic mass is 19.4. The summed E-state index contributed by atoms with van der Waals surface area (Å²) < 4.78 is 37.4. The summed E-state index contributed by atoms with van der Waals surface area (Å²) in [7, 11) is 0. The average Bonchev–Trinajstić information content (AvgIpc) is 2.55. The monoisotopic (exact) mass is 226 g/mol. The van der Waals surface area contributed by atoms with Gasteiger partial charge in [0.05, 0.1) is 17.1 Å². The van der Waals surface area contributed by atoms with Gasteiger partial charge in [-0.2, -0.15) is 23.2 Å². The van der Waals surface area contributed by atoms with Crippen LogP contribution in [-0.2, 0) is 6.18 Å². The molecule has 6 heteroatoms. The number of rotatable bonds is 0. The molecule has 0 saturated carbocycles. The third-order valence-electron chi connectivity index (χ3n) is 2.20. The van der Waals surface area contributed by atoms with Crippen LogP contribution in [0.3, 0.4) is 0 Å². The molecule has 0 bridgehead atoms. The summed E-state index contributed by atoms with van der Waals surface area (Å²) in [5, 5.41) is 18.1. The van der Waals surface area contributed by atoms with E-state index in [-0.39, 0.29) is 21.2 Å². The van der Waals surface area contributed by atoms with Crippen LogP contribution in [0.1, 0.15) is 11.3 Å². The Balaban J connectivity index is 2.74. The third-order valence-corrected chi connectivity index (χ3v) is 2.20. The van der Waals surface area contributed by atoms with Crippen LogP contribution < -0.4 is 0 Å². The first kappa shape index (κ1) is 10.4. The van der Waals surface area contributed by atoms with Crippen molar-refractivity contribution in [3.63, 3.8) is 0 Å². The summed E-state index contributed by atoms with van der Waals surface area (Å²) in [5.74, 6) is 0. The normalized spacial score (nSPS) is 11.6. The Bertz CT molecular complexity index is 592. The first-order valence-corrected chi connectivity index (χ1v) is 4.25. The molecule has 0 radical (unpaired) electrons. The van der Waals surface area contributed by atoms with Crippen LogP contribution in [0.4, 0.5) is 13.2 Å². The lowest BCUT2D eigenvalue weighted by molar-refractivity contribution is -0.149. The number of nitriles is 1. The van der Waals surface area contributed by atoms with Crippen molar-refractivity contribution in [2.24, 2.45) is 0 Å². The zero-order valence-corrected chi connectivity index (χ0v) is 7.78. The predicted octanol–water partition coefficient (Wildman–Crippen LogP) is 2.77. The average molecular weight is 226 g/mol. The summed E-state index contributed by atoms with van der Waals surface area (Å²) in [6.45, 7) is 0. The van der Waals surface area contributed by atoms with Gasteiger partial charge in [-0.1, -0.05) is 0 Å². The van der Waals surface area contributed by atoms with Crippen molar-refractivity contribution >= 4 is 10.9 Å². The highest BCUT2D eigenvalue weighted by Gasteiger charge is 2.35. The van der Waals surface area contributed by atoms with Crippen LogP contribution in [0.5, 0.6) is 0 Å². The van der Waals surface area contributed by atoms with E-state index in [0.717, 1.165) is 6.07 Å². The molecule has 0 aliphatic carbocycles. The highest BCUT2D eigenvalue weighted by molar-refractivity contribution is 5.82. The maximum atomic E-state index is 12.4. The first-order chi connectivity index (χ1) is 7.43. The van der Waals surface area contributed by atoms with Gasteiger partial charge in [-0.25, -0.2) is 0 Å². The molecule has 1 aromatic carbocycles. The molecule has 0 unspecified atom stereocenters. The molecule has 0 saturated heterocycles. The van der Waals surface area contributed by atoms with Crippen molar-refractivity contribution in [3.8, 4) is 6.07 Å². The molecule has 1 N–H and O–H groups in total. The number of fused-ring (bicyclic) bond motifs is 1. The number of benzene rings is 1. The van der Waals surface area contributed by atoms with Crippen LogP contribution in [0.25, 0.3) is 10.9 Å². The molecule has 3 nitrogen and oxygen atoms in total. The molecular formula is C10H5F3N2O. The van der Waals surface area contributed by atoms with Gasteiger partial charge in [0.1, 0.15) is 0 Å². The second kappa shape index (κ2) is 3.17. The van der Waals surface area contributed by atoms with E-state index in [1.54, 1.807) is 0 Å². The molecule has 0 aliphatic heterocycles. The lowest BCUT2D eigenvalue weighted by Gasteiger charge is -2.05. The van der Waals surface area contributed by atoms with E-state index in [2.05, 4.69) is 0 Å². The Morgan fingerprint density at radius 3 is 2.50 bits per heavy atom. The maximum absolute atomic E-state index is 12.4. The molecule has 0 fully saturated rings. The van der Waals surface area contributed by atoms with Crippen molar-refractivity contribution in [2.45, 2.75) is 6.18 Å². The Labute approximate surface area is 87.9 Å². The van der Waals surface area contributed by atoms with E-state index in [1.165, 1.54) is 18.2 Å². The van der Waals surface area contributed by atoms with Gasteiger partial charge in [0.25, 0.3) is 0 Å². The summed E-state index contributed by atoms with van der Waals surface area (Å²) in [6.07, 6.45) is -4.62. The molecule has 0 aliphatic rings. The van der Waals surface area contributed by atoms with Gasteiger partial charge in [0.2, 0.25) is 0 Å². The molecule has 0 spiro atoms. The summed E-state index contributed by atoms with van der Waals surface area (Å²) in [4.78, 5) is 0. The number of alkyl halides is 3. The van der Waals surface area contributed by atoms with Gasteiger partial charge in [0.15, 0.2) is 5.69 Å². The largest absolute Gasteiger partial charge is 0.434 e. The van der Waals surface area contributed by atoms with E-state index >= 15 is 0 Å². The quantitative estimate of drug-likeness (QED) is 0.702. The number of halogens is 3.